The van der Waals surface area contributed by atoms with Gasteiger partial charge in [0, 0.05) is 32.5 Å². The Hall–Kier alpha value is -2.79. The molecule has 2 aliphatic rings. The van der Waals surface area contributed by atoms with Gasteiger partial charge in [-0.05, 0) is 97.5 Å². The number of aliphatic hydroxyl groups excluding tert-OH is 1. The Morgan fingerprint density at radius 1 is 0.795 bits per heavy atom. The molecule has 1 N–H and O–H groups in total. The first-order valence-electron chi connectivity index (χ1n) is 14.9. The summed E-state index contributed by atoms with van der Waals surface area (Å²) in [5, 5.41) is 13.7. The predicted molar refractivity (Wildman–Crippen MR) is 191 cm³/mol. The number of anilines is 1. The maximum Gasteiger partial charge on any atom is 0.240 e. The second kappa shape index (κ2) is 12.9. The van der Waals surface area contributed by atoms with Crippen LogP contribution in [0.5, 0.6) is 11.5 Å². The van der Waals surface area contributed by atoms with E-state index in [0.717, 1.165) is 19.2 Å². The highest BCUT2D eigenvalue weighted by Crippen LogP contribution is 2.49. The van der Waals surface area contributed by atoms with Crippen LogP contribution in [0.3, 0.4) is 0 Å². The highest BCUT2D eigenvalue weighted by Gasteiger charge is 2.38. The average molecular weight is 670 g/mol. The van der Waals surface area contributed by atoms with E-state index in [1.165, 1.54) is 32.7 Å². The standard InChI is InChI=1S/C34H40N2O4S4/c1-17(2)35(18(3)4)27-13-11-23(41-27)33-21(39-9)15-25(43-33)29-31(37)30(32(29)38)26-16-22(40-10)34(44-26)24-12-14-28(42-24)36(19(5)6)20(7)8/h11-20H,1-10H3/p+1. The predicted octanol–water partition coefficient (Wildman–Crippen LogP) is 7.52. The average Bonchev–Trinajstić information content (AvgIpc) is 3.74. The minimum Gasteiger partial charge on any atom is -0.506 e. The smallest absolute Gasteiger partial charge is 0.240 e. The highest BCUT2D eigenvalue weighted by atomic mass is 32.2. The molecule has 4 heterocycles. The summed E-state index contributed by atoms with van der Waals surface area (Å²) in [6.45, 7) is 17.6. The molecule has 0 amide bonds. The molecular formula is C34H41N2O4S4+. The number of carbonyl (C=O) groups is 1. The molecule has 3 aromatic heterocycles. The van der Waals surface area contributed by atoms with Gasteiger partial charge in [0.25, 0.3) is 0 Å². The number of rotatable bonds is 9. The molecule has 0 spiro atoms. The monoisotopic (exact) mass is 669 g/mol. The van der Waals surface area contributed by atoms with Crippen molar-refractivity contribution < 1.29 is 24.0 Å². The molecule has 0 saturated heterocycles. The number of ether oxygens (including phenoxy) is 2. The molecule has 0 fully saturated rings. The molecule has 3 aromatic rings. The Labute approximate surface area is 276 Å². The van der Waals surface area contributed by atoms with Crippen LogP contribution in [0.1, 0.15) is 60.3 Å². The summed E-state index contributed by atoms with van der Waals surface area (Å²) in [6.07, 6.45) is 4.26. The first-order chi connectivity index (χ1) is 20.9. The quantitative estimate of drug-likeness (QED) is 0.238. The Morgan fingerprint density at radius 3 is 2.02 bits per heavy atom. The molecule has 0 bridgehead atoms. The van der Waals surface area contributed by atoms with Crippen molar-refractivity contribution in [2.45, 2.75) is 79.6 Å². The Bertz CT molecular complexity index is 1800. The molecule has 44 heavy (non-hydrogen) atoms. The van der Waals surface area contributed by atoms with Gasteiger partial charge in [0.15, 0.2) is 0 Å². The van der Waals surface area contributed by atoms with E-state index in [0.29, 0.717) is 56.2 Å². The summed E-state index contributed by atoms with van der Waals surface area (Å²) in [5.74, 6) is 1.26. The van der Waals surface area contributed by atoms with Crippen LogP contribution in [0.4, 0.5) is 5.00 Å². The molecule has 6 nitrogen and oxygen atoms in total. The van der Waals surface area contributed by atoms with Crippen LogP contribution in [0, 0.1) is 0 Å². The number of hydrogen-bond acceptors (Lipinski definition) is 9. The van der Waals surface area contributed by atoms with Gasteiger partial charge in [-0.1, -0.05) is 0 Å². The van der Waals surface area contributed by atoms with E-state index in [4.69, 9.17) is 9.47 Å². The van der Waals surface area contributed by atoms with Gasteiger partial charge in [-0.15, -0.1) is 34.0 Å². The lowest BCUT2D eigenvalue weighted by atomic mass is 9.87. The second-order valence-corrected chi connectivity index (χ2v) is 16.1. The third-order valence-electron chi connectivity index (χ3n) is 7.62. The van der Waals surface area contributed by atoms with E-state index < -0.39 is 0 Å². The van der Waals surface area contributed by atoms with Crippen LogP contribution < -0.4 is 23.4 Å². The Balaban J connectivity index is 1.54. The van der Waals surface area contributed by atoms with Gasteiger partial charge in [-0.25, -0.2) is 4.58 Å². The van der Waals surface area contributed by atoms with Crippen LogP contribution in [-0.2, 0) is 4.79 Å². The van der Waals surface area contributed by atoms with Gasteiger partial charge < -0.3 is 19.5 Å². The van der Waals surface area contributed by atoms with Gasteiger partial charge in [0.2, 0.25) is 10.8 Å². The van der Waals surface area contributed by atoms with Crippen molar-refractivity contribution in [3.63, 3.8) is 0 Å². The Morgan fingerprint density at radius 2 is 1.45 bits per heavy atom. The maximum absolute atomic E-state index is 13.6. The van der Waals surface area contributed by atoms with Crippen LogP contribution in [-0.4, -0.2) is 58.9 Å². The fourth-order valence-electron chi connectivity index (χ4n) is 5.89. The third kappa shape index (κ3) is 5.82. The second-order valence-electron chi connectivity index (χ2n) is 11.9. The van der Waals surface area contributed by atoms with E-state index in [1.807, 2.05) is 12.1 Å². The van der Waals surface area contributed by atoms with Crippen LogP contribution in [0.25, 0.3) is 25.8 Å². The van der Waals surface area contributed by atoms with E-state index in [2.05, 4.69) is 89.2 Å². The van der Waals surface area contributed by atoms with Crippen molar-refractivity contribution in [2.24, 2.45) is 0 Å². The highest BCUT2D eigenvalue weighted by molar-refractivity contribution is 8.22. The maximum atomic E-state index is 13.6. The summed E-state index contributed by atoms with van der Waals surface area (Å²) in [7, 11) is 3.29. The fourth-order valence-corrected chi connectivity index (χ4v) is 11.0. The molecule has 0 saturated carbocycles. The van der Waals surface area contributed by atoms with Gasteiger partial charge in [-0.3, -0.25) is 4.79 Å². The van der Waals surface area contributed by atoms with Gasteiger partial charge in [0.05, 0.1) is 44.7 Å². The normalized spacial score (nSPS) is 17.6. The molecule has 0 unspecified atom stereocenters. The summed E-state index contributed by atoms with van der Waals surface area (Å²) in [4.78, 5) is 19.8. The number of ketones is 1. The van der Waals surface area contributed by atoms with E-state index in [-0.39, 0.29) is 11.5 Å². The molecule has 0 aromatic carbocycles. The van der Waals surface area contributed by atoms with Crippen molar-refractivity contribution in [1.29, 1.82) is 0 Å². The molecule has 1 aliphatic carbocycles. The number of nitrogens with zero attached hydrogens (tertiary/aromatic N) is 2. The molecule has 10 heteroatoms. The van der Waals surface area contributed by atoms with Crippen LogP contribution >= 0.6 is 45.8 Å². The van der Waals surface area contributed by atoms with Gasteiger partial charge in [0.1, 0.15) is 29.3 Å². The number of allylic oxidation sites excluding steroid dienone is 2. The summed E-state index contributed by atoms with van der Waals surface area (Å²) in [5.41, 5.74) is 0.684. The first kappa shape index (κ1) is 32.6. The molecule has 234 valence electrons. The third-order valence-corrected chi connectivity index (χ3v) is 12.4. The molecule has 5 rings (SSSR count). The molecular weight excluding hydrogens is 629 g/mol. The van der Waals surface area contributed by atoms with Crippen LogP contribution in [0.2, 0.25) is 0 Å². The molecule has 1 aliphatic heterocycles. The Kier molecular flexibility index (Phi) is 9.56. The fraction of sp³-hybridized carbons (Fsp3) is 0.412. The van der Waals surface area contributed by atoms with Crippen molar-refractivity contribution in [3.8, 4) is 21.3 Å². The van der Waals surface area contributed by atoms with E-state index >= 15 is 0 Å². The van der Waals surface area contributed by atoms with Gasteiger partial charge >= 0.3 is 0 Å². The topological polar surface area (TPSA) is 62.0 Å². The SMILES string of the molecule is COc1cc(C2=C(O)C(=c3cc(OC)/c(=C4/C=CC(=[N+](C(C)C)C(C)C)S4)s3)C2=O)sc1-c1ccc(N(C(C)C)C(C)C)s1. The number of methoxy groups -OCH3 is 2. The minimum atomic E-state index is -0.163. The first-order valence-corrected chi connectivity index (χ1v) is 18.1. The zero-order valence-electron chi connectivity index (χ0n) is 27.0. The number of thioether (sulfide) groups is 1. The minimum absolute atomic E-state index is 0.0243. The largest absolute Gasteiger partial charge is 0.506 e. The number of hydrogen-bond donors (Lipinski definition) is 1. The number of carbonyl (C=O) groups excluding carboxylic acids is 1. The zero-order valence-corrected chi connectivity index (χ0v) is 30.2. The number of thiophene rings is 3. The van der Waals surface area contributed by atoms with Crippen molar-refractivity contribution in [1.82, 2.24) is 0 Å². The lowest BCUT2D eigenvalue weighted by Gasteiger charge is -2.31. The van der Waals surface area contributed by atoms with Crippen LogP contribution in [0.15, 0.2) is 42.2 Å². The lowest BCUT2D eigenvalue weighted by molar-refractivity contribution is -0.584. The summed E-state index contributed by atoms with van der Waals surface area (Å²) < 4.78 is 15.5. The summed E-state index contributed by atoms with van der Waals surface area (Å²) >= 11 is 6.38. The van der Waals surface area contributed by atoms with Crippen molar-refractivity contribution >= 4 is 77.7 Å². The summed E-state index contributed by atoms with van der Waals surface area (Å²) in [6, 6.07) is 9.49. The van der Waals surface area contributed by atoms with Gasteiger partial charge in [-0.2, -0.15) is 0 Å². The van der Waals surface area contributed by atoms with Crippen molar-refractivity contribution in [3.05, 3.63) is 56.1 Å². The van der Waals surface area contributed by atoms with E-state index in [9.17, 15) is 9.90 Å². The molecule has 0 atom stereocenters. The number of aliphatic hydroxyl groups is 1. The van der Waals surface area contributed by atoms with E-state index in [1.54, 1.807) is 37.3 Å². The lowest BCUT2D eigenvalue weighted by Crippen LogP contribution is -2.36. The van der Waals surface area contributed by atoms with Crippen molar-refractivity contribution in [2.75, 3.05) is 19.1 Å². The zero-order chi connectivity index (χ0) is 32.0. The number of Topliss-reactive ketones (excluding diaryl/α,β-unsaturated/α-hetero) is 1. The molecule has 0 radical (unpaired) electrons.